The Morgan fingerprint density at radius 3 is 3.05 bits per heavy atom. The zero-order valence-corrected chi connectivity index (χ0v) is 12.9. The molecule has 2 heterocycles. The Morgan fingerprint density at radius 2 is 2.29 bits per heavy atom. The molecule has 0 aliphatic carbocycles. The Kier molecular flexibility index (Phi) is 4.27. The van der Waals surface area contributed by atoms with Crippen LogP contribution in [0.1, 0.15) is 19.4 Å². The molecule has 2 aliphatic heterocycles. The number of benzene rings is 1. The molecule has 2 fully saturated rings. The second kappa shape index (κ2) is 6.16. The third-order valence-corrected chi connectivity index (χ3v) is 5.02. The van der Waals surface area contributed by atoms with Crippen LogP contribution in [-0.4, -0.2) is 43.0 Å². The molecule has 0 spiro atoms. The van der Waals surface area contributed by atoms with Crippen molar-refractivity contribution in [3.05, 3.63) is 29.8 Å². The van der Waals surface area contributed by atoms with Crippen LogP contribution in [0.4, 0.5) is 5.69 Å². The summed E-state index contributed by atoms with van der Waals surface area (Å²) < 4.78 is 0. The molecule has 3 atom stereocenters. The molecule has 1 amide bonds. The number of amides is 1. The quantitative estimate of drug-likeness (QED) is 0.886. The molecule has 0 radical (unpaired) electrons. The first-order chi connectivity index (χ1) is 10.2. The minimum atomic E-state index is 0.100. The van der Waals surface area contributed by atoms with Crippen molar-refractivity contribution in [2.45, 2.75) is 26.3 Å². The van der Waals surface area contributed by atoms with Crippen molar-refractivity contribution in [3.63, 3.8) is 0 Å². The van der Waals surface area contributed by atoms with E-state index in [1.54, 1.807) is 0 Å². The van der Waals surface area contributed by atoms with Crippen LogP contribution in [0.3, 0.4) is 0 Å². The van der Waals surface area contributed by atoms with Crippen LogP contribution in [0.25, 0.3) is 0 Å². The third kappa shape index (κ3) is 3.11. The molecular weight excluding hydrogens is 262 g/mol. The van der Waals surface area contributed by atoms with E-state index in [9.17, 15) is 4.79 Å². The largest absolute Gasteiger partial charge is 0.325 e. The van der Waals surface area contributed by atoms with Gasteiger partial charge < -0.3 is 10.6 Å². The van der Waals surface area contributed by atoms with E-state index in [0.29, 0.717) is 18.5 Å². The number of carbonyl (C=O) groups is 1. The SMILES string of the molecule is CCc1cccc(NC(=O)CN2CC3CNCC3C2C)c1. The number of rotatable bonds is 4. The Hall–Kier alpha value is -1.39. The van der Waals surface area contributed by atoms with Gasteiger partial charge in [-0.2, -0.15) is 0 Å². The molecule has 0 bridgehead atoms. The van der Waals surface area contributed by atoms with E-state index in [1.807, 2.05) is 12.1 Å². The van der Waals surface area contributed by atoms with Gasteiger partial charge in [0.2, 0.25) is 5.91 Å². The molecule has 2 N–H and O–H groups in total. The normalized spacial score (nSPS) is 28.6. The summed E-state index contributed by atoms with van der Waals surface area (Å²) in [5.41, 5.74) is 2.16. The molecule has 2 aliphatic rings. The lowest BCUT2D eigenvalue weighted by molar-refractivity contribution is -0.117. The third-order valence-electron chi connectivity index (χ3n) is 5.02. The van der Waals surface area contributed by atoms with Crippen LogP contribution in [0.2, 0.25) is 0 Å². The Morgan fingerprint density at radius 1 is 1.43 bits per heavy atom. The van der Waals surface area contributed by atoms with E-state index < -0.39 is 0 Å². The van der Waals surface area contributed by atoms with Crippen LogP contribution in [0, 0.1) is 11.8 Å². The lowest BCUT2D eigenvalue weighted by atomic mass is 9.95. The van der Waals surface area contributed by atoms with Gasteiger partial charge in [0.1, 0.15) is 0 Å². The van der Waals surface area contributed by atoms with Gasteiger partial charge in [-0.15, -0.1) is 0 Å². The maximum atomic E-state index is 12.3. The average Bonchev–Trinajstić information content (AvgIpc) is 3.03. The molecule has 114 valence electrons. The number of anilines is 1. The van der Waals surface area contributed by atoms with Gasteiger partial charge in [-0.05, 0) is 56.0 Å². The summed E-state index contributed by atoms with van der Waals surface area (Å²) in [4.78, 5) is 14.6. The molecular formula is C17H25N3O. The van der Waals surface area contributed by atoms with Gasteiger partial charge in [0, 0.05) is 18.3 Å². The van der Waals surface area contributed by atoms with Gasteiger partial charge in [-0.3, -0.25) is 9.69 Å². The average molecular weight is 287 g/mol. The fraction of sp³-hybridized carbons (Fsp3) is 0.588. The number of carbonyl (C=O) groups excluding carboxylic acids is 1. The molecule has 3 unspecified atom stereocenters. The first-order valence-corrected chi connectivity index (χ1v) is 8.01. The van der Waals surface area contributed by atoms with Gasteiger partial charge >= 0.3 is 0 Å². The van der Waals surface area contributed by atoms with Gasteiger partial charge in [-0.1, -0.05) is 19.1 Å². The highest BCUT2D eigenvalue weighted by molar-refractivity contribution is 5.92. The first kappa shape index (κ1) is 14.5. The topological polar surface area (TPSA) is 44.4 Å². The van der Waals surface area contributed by atoms with Crippen molar-refractivity contribution < 1.29 is 4.79 Å². The molecule has 4 heteroatoms. The molecule has 4 nitrogen and oxygen atoms in total. The van der Waals surface area contributed by atoms with E-state index in [2.05, 4.69) is 41.5 Å². The first-order valence-electron chi connectivity index (χ1n) is 8.01. The monoisotopic (exact) mass is 287 g/mol. The van der Waals surface area contributed by atoms with Gasteiger partial charge in [0.25, 0.3) is 0 Å². The van der Waals surface area contributed by atoms with Crippen LogP contribution in [0.5, 0.6) is 0 Å². The highest BCUT2D eigenvalue weighted by Gasteiger charge is 2.42. The minimum Gasteiger partial charge on any atom is -0.325 e. The maximum Gasteiger partial charge on any atom is 0.238 e. The van der Waals surface area contributed by atoms with Crippen molar-refractivity contribution >= 4 is 11.6 Å². The highest BCUT2D eigenvalue weighted by Crippen LogP contribution is 2.31. The van der Waals surface area contributed by atoms with Crippen molar-refractivity contribution in [3.8, 4) is 0 Å². The molecule has 2 saturated heterocycles. The fourth-order valence-corrected chi connectivity index (χ4v) is 3.72. The minimum absolute atomic E-state index is 0.100. The van der Waals surface area contributed by atoms with E-state index in [1.165, 1.54) is 5.56 Å². The van der Waals surface area contributed by atoms with Crippen LogP contribution >= 0.6 is 0 Å². The Bertz CT molecular complexity index is 517. The summed E-state index contributed by atoms with van der Waals surface area (Å²) >= 11 is 0. The van der Waals surface area contributed by atoms with Crippen LogP contribution in [-0.2, 0) is 11.2 Å². The molecule has 1 aromatic carbocycles. The lowest BCUT2D eigenvalue weighted by Crippen LogP contribution is -2.38. The van der Waals surface area contributed by atoms with Crippen molar-refractivity contribution in [2.75, 3.05) is 31.5 Å². The van der Waals surface area contributed by atoms with Gasteiger partial charge in [-0.25, -0.2) is 0 Å². The second-order valence-electron chi connectivity index (χ2n) is 6.35. The van der Waals surface area contributed by atoms with Gasteiger partial charge in [0.15, 0.2) is 0 Å². The number of nitrogens with zero attached hydrogens (tertiary/aromatic N) is 1. The molecule has 0 aromatic heterocycles. The smallest absolute Gasteiger partial charge is 0.238 e. The standard InChI is InChI=1S/C17H25N3O/c1-3-13-5-4-6-15(7-13)19-17(21)11-20-10-14-8-18-9-16(14)12(20)2/h4-7,12,14,16,18H,3,8-11H2,1-2H3,(H,19,21). The molecule has 21 heavy (non-hydrogen) atoms. The Balaban J connectivity index is 1.57. The summed E-state index contributed by atoms with van der Waals surface area (Å²) in [5, 5.41) is 6.49. The fourth-order valence-electron chi connectivity index (χ4n) is 3.72. The zero-order valence-electron chi connectivity index (χ0n) is 12.9. The summed E-state index contributed by atoms with van der Waals surface area (Å²) in [6.45, 7) is 8.13. The molecule has 0 saturated carbocycles. The molecule has 3 rings (SSSR count). The number of likely N-dealkylation sites (tertiary alicyclic amines) is 1. The summed E-state index contributed by atoms with van der Waals surface area (Å²) in [6, 6.07) is 8.61. The van der Waals surface area contributed by atoms with E-state index in [4.69, 9.17) is 0 Å². The molecule has 1 aromatic rings. The zero-order chi connectivity index (χ0) is 14.8. The number of nitrogens with one attached hydrogen (secondary N) is 2. The number of hydrogen-bond donors (Lipinski definition) is 2. The summed E-state index contributed by atoms with van der Waals surface area (Å²) in [6.07, 6.45) is 0.989. The van der Waals surface area contributed by atoms with E-state index >= 15 is 0 Å². The van der Waals surface area contributed by atoms with Crippen molar-refractivity contribution in [1.82, 2.24) is 10.2 Å². The second-order valence-corrected chi connectivity index (χ2v) is 6.35. The van der Waals surface area contributed by atoms with E-state index in [0.717, 1.165) is 37.7 Å². The predicted molar refractivity (Wildman–Crippen MR) is 85.3 cm³/mol. The van der Waals surface area contributed by atoms with Crippen molar-refractivity contribution in [2.24, 2.45) is 11.8 Å². The van der Waals surface area contributed by atoms with Crippen molar-refractivity contribution in [1.29, 1.82) is 0 Å². The number of hydrogen-bond acceptors (Lipinski definition) is 3. The lowest BCUT2D eigenvalue weighted by Gasteiger charge is -2.23. The predicted octanol–water partition coefficient (Wildman–Crippen LogP) is 1.73. The highest BCUT2D eigenvalue weighted by atomic mass is 16.2. The van der Waals surface area contributed by atoms with Gasteiger partial charge in [0.05, 0.1) is 6.54 Å². The van der Waals surface area contributed by atoms with E-state index in [-0.39, 0.29) is 5.91 Å². The van der Waals surface area contributed by atoms with Crippen LogP contribution < -0.4 is 10.6 Å². The Labute approximate surface area is 126 Å². The maximum absolute atomic E-state index is 12.3. The van der Waals surface area contributed by atoms with Crippen LogP contribution in [0.15, 0.2) is 24.3 Å². The number of fused-ring (bicyclic) bond motifs is 1. The number of aryl methyl sites for hydroxylation is 1. The summed E-state index contributed by atoms with van der Waals surface area (Å²) in [5.74, 6) is 1.53. The summed E-state index contributed by atoms with van der Waals surface area (Å²) in [7, 11) is 0.